The molecule has 0 saturated heterocycles. The number of rotatable bonds is 7. The molecule has 0 aliphatic rings. The van der Waals surface area contributed by atoms with Crippen molar-refractivity contribution in [2.45, 2.75) is 39.2 Å². The summed E-state index contributed by atoms with van der Waals surface area (Å²) < 4.78 is 5.40. The van der Waals surface area contributed by atoms with Gasteiger partial charge in [-0.3, -0.25) is 14.9 Å². The second kappa shape index (κ2) is 8.21. The smallest absolute Gasteiger partial charge is 0.280 e. The van der Waals surface area contributed by atoms with Gasteiger partial charge in [-0.05, 0) is 13.3 Å². The predicted octanol–water partition coefficient (Wildman–Crippen LogP) is 0.960. The van der Waals surface area contributed by atoms with Crippen molar-refractivity contribution in [1.82, 2.24) is 10.3 Å². The molecular formula is C14H21N3O4. The molecular weight excluding hydrogens is 274 g/mol. The van der Waals surface area contributed by atoms with Gasteiger partial charge in [-0.25, -0.2) is 4.98 Å². The van der Waals surface area contributed by atoms with Crippen molar-refractivity contribution in [1.29, 1.82) is 0 Å². The number of amides is 2. The molecule has 7 nitrogen and oxygen atoms in total. The van der Waals surface area contributed by atoms with Gasteiger partial charge in [0.1, 0.15) is 0 Å². The fraction of sp³-hybridized carbons (Fsp3) is 0.500. The summed E-state index contributed by atoms with van der Waals surface area (Å²) in [7, 11) is 0. The van der Waals surface area contributed by atoms with Crippen LogP contribution in [0, 0.1) is 0 Å². The summed E-state index contributed by atoms with van der Waals surface area (Å²) in [6.45, 7) is 3.95. The third kappa shape index (κ3) is 5.03. The topological polar surface area (TPSA) is 115 Å². The van der Waals surface area contributed by atoms with Gasteiger partial charge >= 0.3 is 0 Å². The van der Waals surface area contributed by atoms with Gasteiger partial charge in [0.05, 0.1) is 12.6 Å². The number of ether oxygens (including phenoxy) is 1. The van der Waals surface area contributed by atoms with Crippen LogP contribution in [0.15, 0.2) is 12.3 Å². The fourth-order valence-corrected chi connectivity index (χ4v) is 1.54. The number of unbranched alkanes of at least 4 members (excludes halogenated alkanes) is 2. The molecule has 7 heteroatoms. The third-order valence-electron chi connectivity index (χ3n) is 2.76. The molecule has 0 spiro atoms. The van der Waals surface area contributed by atoms with Gasteiger partial charge < -0.3 is 15.6 Å². The van der Waals surface area contributed by atoms with Gasteiger partial charge in [0.25, 0.3) is 5.91 Å². The van der Waals surface area contributed by atoms with E-state index < -0.39 is 17.9 Å². The van der Waals surface area contributed by atoms with E-state index in [1.165, 1.54) is 19.2 Å². The van der Waals surface area contributed by atoms with Crippen LogP contribution in [0.2, 0.25) is 0 Å². The molecule has 1 atom stereocenters. The van der Waals surface area contributed by atoms with E-state index in [4.69, 9.17) is 10.5 Å². The minimum atomic E-state index is -0.829. The van der Waals surface area contributed by atoms with Gasteiger partial charge in [0.15, 0.2) is 17.2 Å². The van der Waals surface area contributed by atoms with E-state index in [2.05, 4.69) is 17.2 Å². The first-order chi connectivity index (χ1) is 9.97. The lowest BCUT2D eigenvalue weighted by molar-refractivity contribution is -0.121. The Labute approximate surface area is 123 Å². The van der Waals surface area contributed by atoms with E-state index in [-0.39, 0.29) is 17.2 Å². The molecule has 1 heterocycles. The summed E-state index contributed by atoms with van der Waals surface area (Å²) in [4.78, 5) is 27.0. The van der Waals surface area contributed by atoms with Crippen LogP contribution in [-0.4, -0.2) is 34.6 Å². The Hall–Kier alpha value is -2.15. The highest BCUT2D eigenvalue weighted by molar-refractivity contribution is 6.06. The normalized spacial score (nSPS) is 11.8. The van der Waals surface area contributed by atoms with Crippen LogP contribution < -0.4 is 15.8 Å². The van der Waals surface area contributed by atoms with Gasteiger partial charge in [-0.15, -0.1) is 0 Å². The second-order valence-corrected chi connectivity index (χ2v) is 4.67. The molecule has 0 saturated carbocycles. The van der Waals surface area contributed by atoms with Gasteiger partial charge in [0, 0.05) is 12.3 Å². The number of imide groups is 1. The molecule has 1 rings (SSSR count). The number of nitrogens with two attached hydrogens (primary N) is 1. The Morgan fingerprint density at radius 3 is 2.81 bits per heavy atom. The Morgan fingerprint density at radius 1 is 1.48 bits per heavy atom. The average molecular weight is 295 g/mol. The number of hydrogen-bond acceptors (Lipinski definition) is 6. The van der Waals surface area contributed by atoms with Gasteiger partial charge in [-0.1, -0.05) is 19.8 Å². The lowest BCUT2D eigenvalue weighted by atomic mass is 10.2. The van der Waals surface area contributed by atoms with Crippen molar-refractivity contribution in [2.24, 2.45) is 5.73 Å². The fourth-order valence-electron chi connectivity index (χ4n) is 1.54. The molecule has 0 radical (unpaired) electrons. The molecule has 21 heavy (non-hydrogen) atoms. The second-order valence-electron chi connectivity index (χ2n) is 4.67. The monoisotopic (exact) mass is 295 g/mol. The summed E-state index contributed by atoms with van der Waals surface area (Å²) in [5.41, 5.74) is 5.09. The van der Waals surface area contributed by atoms with E-state index in [9.17, 15) is 14.7 Å². The quantitative estimate of drug-likeness (QED) is 0.645. The van der Waals surface area contributed by atoms with Crippen LogP contribution in [0.4, 0.5) is 0 Å². The zero-order valence-corrected chi connectivity index (χ0v) is 12.3. The summed E-state index contributed by atoms with van der Waals surface area (Å²) in [5, 5.41) is 12.0. The van der Waals surface area contributed by atoms with E-state index in [1.54, 1.807) is 0 Å². The van der Waals surface area contributed by atoms with Crippen molar-refractivity contribution in [3.63, 3.8) is 0 Å². The number of carbonyl (C=O) groups excluding carboxylic acids is 2. The first kappa shape index (κ1) is 16.9. The molecule has 2 amide bonds. The summed E-state index contributed by atoms with van der Waals surface area (Å²) >= 11 is 0. The number of nitrogens with one attached hydrogen (secondary N) is 1. The van der Waals surface area contributed by atoms with E-state index in [0.29, 0.717) is 6.61 Å². The average Bonchev–Trinajstić information content (AvgIpc) is 2.44. The van der Waals surface area contributed by atoms with Crippen molar-refractivity contribution in [2.75, 3.05) is 6.61 Å². The van der Waals surface area contributed by atoms with Crippen LogP contribution in [0.3, 0.4) is 0 Å². The number of hydrogen-bond donors (Lipinski definition) is 3. The SMILES string of the molecule is CCCCCOc1ccnc(C(=O)NC(=O)[C@H](C)N)c1O. The molecule has 0 aromatic carbocycles. The molecule has 0 unspecified atom stereocenters. The molecule has 0 bridgehead atoms. The van der Waals surface area contributed by atoms with E-state index in [0.717, 1.165) is 19.3 Å². The van der Waals surface area contributed by atoms with Crippen molar-refractivity contribution < 1.29 is 19.4 Å². The maximum absolute atomic E-state index is 11.8. The van der Waals surface area contributed by atoms with E-state index >= 15 is 0 Å². The van der Waals surface area contributed by atoms with Crippen molar-refractivity contribution >= 4 is 11.8 Å². The Kier molecular flexibility index (Phi) is 6.61. The van der Waals surface area contributed by atoms with Crippen LogP contribution >= 0.6 is 0 Å². The van der Waals surface area contributed by atoms with Crippen molar-refractivity contribution in [3.8, 4) is 11.5 Å². The van der Waals surface area contributed by atoms with Crippen LogP contribution in [0.25, 0.3) is 0 Å². The summed E-state index contributed by atoms with van der Waals surface area (Å²) in [5.74, 6) is -1.67. The molecule has 0 aliphatic carbocycles. The number of pyridine rings is 1. The number of carbonyl (C=O) groups is 2. The first-order valence-corrected chi connectivity index (χ1v) is 6.88. The van der Waals surface area contributed by atoms with Gasteiger partial charge in [0.2, 0.25) is 5.91 Å². The molecule has 0 fully saturated rings. The molecule has 0 aliphatic heterocycles. The van der Waals surface area contributed by atoms with Gasteiger partial charge in [-0.2, -0.15) is 0 Å². The summed E-state index contributed by atoms with van der Waals surface area (Å²) in [6, 6.07) is 0.635. The maximum atomic E-state index is 11.8. The third-order valence-corrected chi connectivity index (χ3v) is 2.76. The minimum Gasteiger partial charge on any atom is -0.503 e. The lowest BCUT2D eigenvalue weighted by Crippen LogP contribution is -2.41. The minimum absolute atomic E-state index is 0.166. The Bertz CT molecular complexity index is 503. The Morgan fingerprint density at radius 2 is 2.19 bits per heavy atom. The zero-order valence-electron chi connectivity index (χ0n) is 12.3. The number of nitrogens with zero attached hydrogens (tertiary/aromatic N) is 1. The highest BCUT2D eigenvalue weighted by Crippen LogP contribution is 2.28. The Balaban J connectivity index is 2.75. The standard InChI is InChI=1S/C14H21N3O4/c1-3-4-5-8-21-10-6-7-16-11(12(10)18)14(20)17-13(19)9(2)15/h6-7,9,18H,3-5,8,15H2,1-2H3,(H,17,19,20)/t9-/m0/s1. The number of aromatic hydroxyl groups is 1. The van der Waals surface area contributed by atoms with E-state index in [1.807, 2.05) is 0 Å². The predicted molar refractivity (Wildman–Crippen MR) is 77.0 cm³/mol. The number of aromatic nitrogens is 1. The van der Waals surface area contributed by atoms with Crippen molar-refractivity contribution in [3.05, 3.63) is 18.0 Å². The first-order valence-electron chi connectivity index (χ1n) is 6.88. The van der Waals surface area contributed by atoms with Crippen LogP contribution in [-0.2, 0) is 4.79 Å². The molecule has 116 valence electrons. The highest BCUT2D eigenvalue weighted by atomic mass is 16.5. The lowest BCUT2D eigenvalue weighted by Gasteiger charge is -2.11. The molecule has 1 aromatic heterocycles. The van der Waals surface area contributed by atoms with Crippen LogP contribution in [0.5, 0.6) is 11.5 Å². The van der Waals surface area contributed by atoms with Crippen LogP contribution in [0.1, 0.15) is 43.6 Å². The molecule has 4 N–H and O–H groups in total. The summed E-state index contributed by atoms with van der Waals surface area (Å²) in [6.07, 6.45) is 4.25. The molecule has 1 aromatic rings. The zero-order chi connectivity index (χ0) is 15.8. The largest absolute Gasteiger partial charge is 0.503 e. The highest BCUT2D eigenvalue weighted by Gasteiger charge is 2.20. The maximum Gasteiger partial charge on any atom is 0.280 e.